The van der Waals surface area contributed by atoms with E-state index in [2.05, 4.69) is 10.6 Å². The SMILES string of the molecule is CCOc1ccc(NC(=O)[C@H]2CCCCN2)c([N+](=O)[O-])c1. The predicted octanol–water partition coefficient (Wildman–Crippen LogP) is 2.07. The van der Waals surface area contributed by atoms with Crippen LogP contribution < -0.4 is 15.4 Å². The van der Waals surface area contributed by atoms with Crippen molar-refractivity contribution in [2.24, 2.45) is 0 Å². The highest BCUT2D eigenvalue weighted by atomic mass is 16.6. The number of carbonyl (C=O) groups excluding carboxylic acids is 1. The summed E-state index contributed by atoms with van der Waals surface area (Å²) < 4.78 is 5.24. The first-order chi connectivity index (χ1) is 10.1. The van der Waals surface area contributed by atoms with E-state index in [1.165, 1.54) is 12.1 Å². The van der Waals surface area contributed by atoms with Crippen LogP contribution >= 0.6 is 0 Å². The standard InChI is InChI=1S/C14H19N3O4/c1-2-21-10-6-7-11(13(9-10)17(19)20)16-14(18)12-5-3-4-8-15-12/h6-7,9,12,15H,2-5,8H2,1H3,(H,16,18)/t12-/m1/s1. The number of nitrogens with zero attached hydrogens (tertiary/aromatic N) is 1. The first-order valence-corrected chi connectivity index (χ1v) is 7.07. The van der Waals surface area contributed by atoms with E-state index in [1.54, 1.807) is 13.0 Å². The van der Waals surface area contributed by atoms with Gasteiger partial charge in [-0.15, -0.1) is 0 Å². The Kier molecular flexibility index (Phi) is 5.10. The summed E-state index contributed by atoms with van der Waals surface area (Å²) in [5.74, 6) is 0.181. The summed E-state index contributed by atoms with van der Waals surface area (Å²) in [5.41, 5.74) is 0.0333. The molecule has 114 valence electrons. The fourth-order valence-electron chi connectivity index (χ4n) is 2.32. The molecule has 0 radical (unpaired) electrons. The Balaban J connectivity index is 2.14. The van der Waals surface area contributed by atoms with Gasteiger partial charge in [-0.05, 0) is 38.4 Å². The van der Waals surface area contributed by atoms with Crippen molar-refractivity contribution in [1.29, 1.82) is 0 Å². The maximum atomic E-state index is 12.1. The number of carbonyl (C=O) groups is 1. The van der Waals surface area contributed by atoms with Crippen LogP contribution in [0.5, 0.6) is 5.75 Å². The average Bonchev–Trinajstić information content (AvgIpc) is 2.49. The highest BCUT2D eigenvalue weighted by Crippen LogP contribution is 2.29. The van der Waals surface area contributed by atoms with E-state index >= 15 is 0 Å². The van der Waals surface area contributed by atoms with Crippen molar-refractivity contribution in [3.63, 3.8) is 0 Å². The zero-order chi connectivity index (χ0) is 15.2. The minimum absolute atomic E-state index is 0.162. The molecular weight excluding hydrogens is 274 g/mol. The van der Waals surface area contributed by atoms with Gasteiger partial charge in [-0.1, -0.05) is 6.42 Å². The molecule has 1 amide bonds. The van der Waals surface area contributed by atoms with Gasteiger partial charge in [0.1, 0.15) is 11.4 Å². The molecule has 0 unspecified atom stereocenters. The molecule has 2 N–H and O–H groups in total. The fourth-order valence-corrected chi connectivity index (χ4v) is 2.32. The quantitative estimate of drug-likeness (QED) is 0.640. The number of hydrogen-bond acceptors (Lipinski definition) is 5. The van der Waals surface area contributed by atoms with Gasteiger partial charge in [-0.25, -0.2) is 0 Å². The highest BCUT2D eigenvalue weighted by Gasteiger charge is 2.23. The third kappa shape index (κ3) is 3.91. The molecule has 2 rings (SSSR count). The molecule has 0 aliphatic carbocycles. The van der Waals surface area contributed by atoms with Crippen molar-refractivity contribution in [1.82, 2.24) is 5.32 Å². The molecule has 1 atom stereocenters. The van der Waals surface area contributed by atoms with Crippen molar-refractivity contribution in [2.45, 2.75) is 32.2 Å². The van der Waals surface area contributed by atoms with E-state index in [-0.39, 0.29) is 23.3 Å². The lowest BCUT2D eigenvalue weighted by Gasteiger charge is -2.22. The van der Waals surface area contributed by atoms with Crippen LogP contribution in [0.2, 0.25) is 0 Å². The van der Waals surface area contributed by atoms with Gasteiger partial charge in [0.25, 0.3) is 5.69 Å². The molecule has 0 saturated carbocycles. The first kappa shape index (κ1) is 15.2. The second-order valence-corrected chi connectivity index (χ2v) is 4.86. The van der Waals surface area contributed by atoms with Crippen molar-refractivity contribution in [3.05, 3.63) is 28.3 Å². The number of anilines is 1. The Bertz CT molecular complexity index is 527. The fraction of sp³-hybridized carbons (Fsp3) is 0.500. The van der Waals surface area contributed by atoms with E-state index in [4.69, 9.17) is 4.74 Å². The molecule has 1 aromatic carbocycles. The second-order valence-electron chi connectivity index (χ2n) is 4.86. The van der Waals surface area contributed by atoms with E-state index < -0.39 is 4.92 Å². The molecule has 7 heteroatoms. The van der Waals surface area contributed by atoms with E-state index in [0.29, 0.717) is 12.4 Å². The summed E-state index contributed by atoms with van der Waals surface area (Å²) in [5, 5.41) is 16.9. The van der Waals surface area contributed by atoms with Crippen LogP contribution in [-0.4, -0.2) is 30.0 Å². The molecular formula is C14H19N3O4. The summed E-state index contributed by atoms with van der Waals surface area (Å²) in [6.45, 7) is 3.02. The third-order valence-electron chi connectivity index (χ3n) is 3.36. The molecule has 0 spiro atoms. The van der Waals surface area contributed by atoms with Crippen molar-refractivity contribution < 1.29 is 14.5 Å². The molecule has 1 fully saturated rings. The molecule has 21 heavy (non-hydrogen) atoms. The molecule has 1 heterocycles. The summed E-state index contributed by atoms with van der Waals surface area (Å²) in [4.78, 5) is 22.7. The number of ether oxygens (including phenoxy) is 1. The lowest BCUT2D eigenvalue weighted by atomic mass is 10.0. The van der Waals surface area contributed by atoms with Gasteiger partial charge in [-0.3, -0.25) is 14.9 Å². The van der Waals surface area contributed by atoms with E-state index in [1.807, 2.05) is 0 Å². The number of nitrogens with one attached hydrogen (secondary N) is 2. The van der Waals surface area contributed by atoms with Crippen LogP contribution in [0.1, 0.15) is 26.2 Å². The number of rotatable bonds is 5. The smallest absolute Gasteiger partial charge is 0.296 e. The molecule has 1 aliphatic heterocycles. The summed E-state index contributed by atoms with van der Waals surface area (Å²) in [7, 11) is 0. The number of piperidine rings is 1. The lowest BCUT2D eigenvalue weighted by molar-refractivity contribution is -0.384. The summed E-state index contributed by atoms with van der Waals surface area (Å²) in [6, 6.07) is 4.16. The number of nitro groups is 1. The second kappa shape index (κ2) is 7.03. The molecule has 1 aliphatic rings. The van der Waals surface area contributed by atoms with Crippen LogP contribution in [0, 0.1) is 10.1 Å². The lowest BCUT2D eigenvalue weighted by Crippen LogP contribution is -2.43. The normalized spacial score (nSPS) is 18.0. The van der Waals surface area contributed by atoms with E-state index in [9.17, 15) is 14.9 Å². The Morgan fingerprint density at radius 3 is 2.95 bits per heavy atom. The van der Waals surface area contributed by atoms with Gasteiger partial charge >= 0.3 is 0 Å². The Hall–Kier alpha value is -2.15. The number of amides is 1. The third-order valence-corrected chi connectivity index (χ3v) is 3.36. The summed E-state index contributed by atoms with van der Waals surface area (Å²) in [6.07, 6.45) is 2.78. The van der Waals surface area contributed by atoms with Crippen LogP contribution in [0.25, 0.3) is 0 Å². The molecule has 1 saturated heterocycles. The topological polar surface area (TPSA) is 93.5 Å². The Labute approximate surface area is 122 Å². The Morgan fingerprint density at radius 2 is 2.33 bits per heavy atom. The minimum atomic E-state index is -0.521. The van der Waals surface area contributed by atoms with E-state index in [0.717, 1.165) is 25.8 Å². The van der Waals surface area contributed by atoms with Gasteiger partial charge in [0.05, 0.1) is 23.6 Å². The predicted molar refractivity (Wildman–Crippen MR) is 78.5 cm³/mol. The Morgan fingerprint density at radius 1 is 1.52 bits per heavy atom. The molecule has 0 bridgehead atoms. The van der Waals surface area contributed by atoms with Crippen molar-refractivity contribution in [2.75, 3.05) is 18.5 Å². The maximum Gasteiger partial charge on any atom is 0.296 e. The average molecular weight is 293 g/mol. The van der Waals surface area contributed by atoms with Crippen LogP contribution in [0.15, 0.2) is 18.2 Å². The molecule has 1 aromatic rings. The number of hydrogen-bond donors (Lipinski definition) is 2. The van der Waals surface area contributed by atoms with Crippen LogP contribution in [0.3, 0.4) is 0 Å². The minimum Gasteiger partial charge on any atom is -0.494 e. The zero-order valence-electron chi connectivity index (χ0n) is 11.9. The van der Waals surface area contributed by atoms with Gasteiger partial charge in [0.2, 0.25) is 5.91 Å². The van der Waals surface area contributed by atoms with Gasteiger partial charge in [0.15, 0.2) is 0 Å². The van der Waals surface area contributed by atoms with Crippen LogP contribution in [0.4, 0.5) is 11.4 Å². The monoisotopic (exact) mass is 293 g/mol. The summed E-state index contributed by atoms with van der Waals surface area (Å²) >= 11 is 0. The zero-order valence-corrected chi connectivity index (χ0v) is 11.9. The highest BCUT2D eigenvalue weighted by molar-refractivity contribution is 5.96. The van der Waals surface area contributed by atoms with Crippen LogP contribution in [-0.2, 0) is 4.79 Å². The number of benzene rings is 1. The first-order valence-electron chi connectivity index (χ1n) is 7.07. The molecule has 7 nitrogen and oxygen atoms in total. The number of nitro benzene ring substituents is 1. The maximum absolute atomic E-state index is 12.1. The largest absolute Gasteiger partial charge is 0.494 e. The van der Waals surface area contributed by atoms with Crippen molar-refractivity contribution >= 4 is 17.3 Å². The van der Waals surface area contributed by atoms with Gasteiger partial charge in [0, 0.05) is 0 Å². The van der Waals surface area contributed by atoms with Gasteiger partial charge < -0.3 is 15.4 Å². The molecule has 0 aromatic heterocycles. The van der Waals surface area contributed by atoms with Gasteiger partial charge in [-0.2, -0.15) is 0 Å². The van der Waals surface area contributed by atoms with Crippen molar-refractivity contribution in [3.8, 4) is 5.75 Å².